The molecule has 0 aliphatic carbocycles. The number of nitrogens with two attached hydrogens (primary N) is 1. The minimum atomic E-state index is -0.0725. The second-order valence-corrected chi connectivity index (χ2v) is 6.05. The van der Waals surface area contributed by atoms with E-state index in [0.29, 0.717) is 29.8 Å². The topological polar surface area (TPSA) is 61.6 Å². The Morgan fingerprint density at radius 1 is 1.43 bits per heavy atom. The van der Waals surface area contributed by atoms with Crippen LogP contribution in [0.3, 0.4) is 0 Å². The number of likely N-dealkylation sites (N-methyl/N-ethyl adjacent to an activating group) is 1. The summed E-state index contributed by atoms with van der Waals surface area (Å²) in [5, 5.41) is 2.79. The van der Waals surface area contributed by atoms with E-state index in [1.165, 1.54) is 0 Å². The summed E-state index contributed by atoms with van der Waals surface area (Å²) in [4.78, 5) is 16.4. The Morgan fingerprint density at radius 2 is 2.14 bits per heavy atom. The molecule has 1 aliphatic rings. The molecule has 0 spiro atoms. The Labute approximate surface area is 127 Å². The lowest BCUT2D eigenvalue weighted by Crippen LogP contribution is -2.34. The number of nitrogen functional groups attached to an aromatic ring is 1. The summed E-state index contributed by atoms with van der Waals surface area (Å²) in [6, 6.07) is 6.12. The van der Waals surface area contributed by atoms with Crippen LogP contribution in [0.1, 0.15) is 24.2 Å². The zero-order chi connectivity index (χ0) is 15.6. The number of amides is 1. The van der Waals surface area contributed by atoms with Gasteiger partial charge in [0, 0.05) is 31.2 Å². The first-order valence-corrected chi connectivity index (χ1v) is 7.53. The lowest BCUT2D eigenvalue weighted by Gasteiger charge is -2.23. The highest BCUT2D eigenvalue weighted by Gasteiger charge is 2.31. The summed E-state index contributed by atoms with van der Waals surface area (Å²) < 4.78 is 0. The zero-order valence-corrected chi connectivity index (χ0v) is 13.4. The first kappa shape index (κ1) is 15.6. The standard InChI is InChI=1S/C16H26N4O/c1-5-18-16(21)12-6-7-14(13(17)8-12)20-9-11(2)15(10-20)19(3)4/h6-8,11,15H,5,9-10,17H2,1-4H3,(H,18,21). The lowest BCUT2D eigenvalue weighted by atomic mass is 10.1. The molecule has 1 aliphatic heterocycles. The molecule has 1 fully saturated rings. The monoisotopic (exact) mass is 290 g/mol. The van der Waals surface area contributed by atoms with Crippen LogP contribution in [0, 0.1) is 5.92 Å². The van der Waals surface area contributed by atoms with Gasteiger partial charge in [-0.15, -0.1) is 0 Å². The summed E-state index contributed by atoms with van der Waals surface area (Å²) in [7, 11) is 4.23. The van der Waals surface area contributed by atoms with Gasteiger partial charge in [-0.25, -0.2) is 0 Å². The fourth-order valence-corrected chi connectivity index (χ4v) is 3.06. The third-order valence-corrected chi connectivity index (χ3v) is 4.20. The van der Waals surface area contributed by atoms with Crippen molar-refractivity contribution in [2.75, 3.05) is 44.4 Å². The lowest BCUT2D eigenvalue weighted by molar-refractivity contribution is 0.0956. The van der Waals surface area contributed by atoms with Crippen molar-refractivity contribution in [2.45, 2.75) is 19.9 Å². The van der Waals surface area contributed by atoms with E-state index in [1.807, 2.05) is 19.1 Å². The van der Waals surface area contributed by atoms with E-state index in [0.717, 1.165) is 18.8 Å². The average molecular weight is 290 g/mol. The molecule has 2 rings (SSSR count). The number of benzene rings is 1. The smallest absolute Gasteiger partial charge is 0.251 e. The Bertz CT molecular complexity index is 515. The van der Waals surface area contributed by atoms with Crippen molar-refractivity contribution >= 4 is 17.3 Å². The van der Waals surface area contributed by atoms with Crippen LogP contribution >= 0.6 is 0 Å². The molecule has 1 amide bonds. The third kappa shape index (κ3) is 3.29. The maximum atomic E-state index is 11.8. The molecule has 0 saturated carbocycles. The number of anilines is 2. The van der Waals surface area contributed by atoms with Crippen LogP contribution in [-0.2, 0) is 0 Å². The Morgan fingerprint density at radius 3 is 2.67 bits per heavy atom. The van der Waals surface area contributed by atoms with E-state index in [1.54, 1.807) is 6.07 Å². The van der Waals surface area contributed by atoms with Crippen molar-refractivity contribution in [3.8, 4) is 0 Å². The molecule has 2 unspecified atom stereocenters. The van der Waals surface area contributed by atoms with E-state index in [2.05, 4.69) is 36.1 Å². The molecule has 0 aromatic heterocycles. The van der Waals surface area contributed by atoms with Gasteiger partial charge in [0.2, 0.25) is 0 Å². The Balaban J connectivity index is 2.17. The largest absolute Gasteiger partial charge is 0.397 e. The average Bonchev–Trinajstić information content (AvgIpc) is 2.81. The maximum absolute atomic E-state index is 11.8. The third-order valence-electron chi connectivity index (χ3n) is 4.20. The molecule has 1 aromatic carbocycles. The van der Waals surface area contributed by atoms with Gasteiger partial charge in [0.25, 0.3) is 5.91 Å². The number of nitrogens with zero attached hydrogens (tertiary/aromatic N) is 2. The highest BCUT2D eigenvalue weighted by molar-refractivity contribution is 5.96. The molecule has 3 N–H and O–H groups in total. The molecule has 1 aromatic rings. The van der Waals surface area contributed by atoms with Gasteiger partial charge in [0.15, 0.2) is 0 Å². The maximum Gasteiger partial charge on any atom is 0.251 e. The highest BCUT2D eigenvalue weighted by Crippen LogP contribution is 2.30. The predicted molar refractivity (Wildman–Crippen MR) is 87.7 cm³/mol. The van der Waals surface area contributed by atoms with Gasteiger partial charge in [0.05, 0.1) is 11.4 Å². The van der Waals surface area contributed by atoms with Gasteiger partial charge < -0.3 is 20.9 Å². The zero-order valence-electron chi connectivity index (χ0n) is 13.4. The van der Waals surface area contributed by atoms with E-state index in [-0.39, 0.29) is 5.91 Å². The van der Waals surface area contributed by atoms with Gasteiger partial charge in [-0.1, -0.05) is 6.92 Å². The van der Waals surface area contributed by atoms with E-state index in [9.17, 15) is 4.79 Å². The predicted octanol–water partition coefficient (Wildman–Crippen LogP) is 1.40. The molecule has 1 saturated heterocycles. The van der Waals surface area contributed by atoms with Crippen LogP contribution < -0.4 is 16.0 Å². The summed E-state index contributed by atoms with van der Waals surface area (Å²) >= 11 is 0. The number of nitrogens with one attached hydrogen (secondary N) is 1. The molecule has 2 atom stereocenters. The van der Waals surface area contributed by atoms with Crippen LogP contribution in [-0.4, -0.2) is 50.6 Å². The Kier molecular flexibility index (Phi) is 4.73. The SMILES string of the molecule is CCNC(=O)c1ccc(N2CC(C)C(N(C)C)C2)c(N)c1. The first-order chi connectivity index (χ1) is 9.93. The van der Waals surface area contributed by atoms with Gasteiger partial charge in [-0.3, -0.25) is 4.79 Å². The number of rotatable bonds is 4. The van der Waals surface area contributed by atoms with Gasteiger partial charge in [-0.05, 0) is 45.1 Å². The van der Waals surface area contributed by atoms with Crippen LogP contribution in [0.2, 0.25) is 0 Å². The summed E-state index contributed by atoms with van der Waals surface area (Å²) in [6.07, 6.45) is 0. The molecule has 5 nitrogen and oxygen atoms in total. The van der Waals surface area contributed by atoms with Crippen molar-refractivity contribution in [1.82, 2.24) is 10.2 Å². The van der Waals surface area contributed by atoms with E-state index >= 15 is 0 Å². The van der Waals surface area contributed by atoms with Crippen molar-refractivity contribution < 1.29 is 4.79 Å². The van der Waals surface area contributed by atoms with Crippen LogP contribution in [0.25, 0.3) is 0 Å². The molecule has 116 valence electrons. The van der Waals surface area contributed by atoms with Crippen molar-refractivity contribution in [1.29, 1.82) is 0 Å². The first-order valence-electron chi connectivity index (χ1n) is 7.53. The fourth-order valence-electron chi connectivity index (χ4n) is 3.06. The van der Waals surface area contributed by atoms with Crippen molar-refractivity contribution in [3.05, 3.63) is 23.8 Å². The summed E-state index contributed by atoms with van der Waals surface area (Å²) in [5.74, 6) is 0.527. The fraction of sp³-hybridized carbons (Fsp3) is 0.562. The number of hydrogen-bond donors (Lipinski definition) is 2. The van der Waals surface area contributed by atoms with Crippen LogP contribution in [0.4, 0.5) is 11.4 Å². The number of hydrogen-bond acceptors (Lipinski definition) is 4. The second-order valence-electron chi connectivity index (χ2n) is 6.05. The molecule has 5 heteroatoms. The van der Waals surface area contributed by atoms with Crippen LogP contribution in [0.15, 0.2) is 18.2 Å². The van der Waals surface area contributed by atoms with Crippen molar-refractivity contribution in [3.63, 3.8) is 0 Å². The van der Waals surface area contributed by atoms with Crippen LogP contribution in [0.5, 0.6) is 0 Å². The second kappa shape index (κ2) is 6.35. The molecule has 0 radical (unpaired) electrons. The molecular formula is C16H26N4O. The van der Waals surface area contributed by atoms with Gasteiger partial charge >= 0.3 is 0 Å². The summed E-state index contributed by atoms with van der Waals surface area (Å²) in [6.45, 7) is 6.76. The molecule has 0 bridgehead atoms. The minimum absolute atomic E-state index is 0.0725. The number of carbonyl (C=O) groups excluding carboxylic acids is 1. The van der Waals surface area contributed by atoms with E-state index in [4.69, 9.17) is 5.73 Å². The van der Waals surface area contributed by atoms with Gasteiger partial charge in [-0.2, -0.15) is 0 Å². The van der Waals surface area contributed by atoms with Crippen molar-refractivity contribution in [2.24, 2.45) is 5.92 Å². The quantitative estimate of drug-likeness (QED) is 0.823. The molecule has 21 heavy (non-hydrogen) atoms. The Hall–Kier alpha value is -1.75. The normalized spacial score (nSPS) is 21.9. The number of carbonyl (C=O) groups is 1. The molecule has 1 heterocycles. The van der Waals surface area contributed by atoms with Gasteiger partial charge in [0.1, 0.15) is 0 Å². The summed E-state index contributed by atoms with van der Waals surface area (Å²) in [5.41, 5.74) is 8.49. The molecular weight excluding hydrogens is 264 g/mol. The highest BCUT2D eigenvalue weighted by atomic mass is 16.1. The minimum Gasteiger partial charge on any atom is -0.397 e. The van der Waals surface area contributed by atoms with E-state index < -0.39 is 0 Å².